The molecule has 1 aliphatic carbocycles. The van der Waals surface area contributed by atoms with E-state index >= 15 is 0 Å². The Morgan fingerprint density at radius 2 is 1.84 bits per heavy atom. The van der Waals surface area contributed by atoms with Crippen molar-refractivity contribution in [2.45, 2.75) is 62.7 Å². The van der Waals surface area contributed by atoms with E-state index in [1.807, 2.05) is 0 Å². The first-order valence-electron chi connectivity index (χ1n) is 7.40. The molecule has 1 heterocycles. The molecule has 1 saturated carbocycles. The highest BCUT2D eigenvalue weighted by Crippen LogP contribution is 2.25. The summed E-state index contributed by atoms with van der Waals surface area (Å²) in [6.45, 7) is 3.45. The predicted molar refractivity (Wildman–Crippen MR) is 81.6 cm³/mol. The predicted octanol–water partition coefficient (Wildman–Crippen LogP) is 2.65. The molecular weight excluding hydrogens is 328 g/mol. The van der Waals surface area contributed by atoms with E-state index < -0.39 is 10.2 Å². The van der Waals surface area contributed by atoms with Crippen molar-refractivity contribution in [2.24, 2.45) is 5.92 Å². The Kier molecular flexibility index (Phi) is 5.69. The molecule has 4 nitrogen and oxygen atoms in total. The van der Waals surface area contributed by atoms with Gasteiger partial charge in [-0.15, -0.1) is 0 Å². The molecule has 3 atom stereocenters. The van der Waals surface area contributed by atoms with Gasteiger partial charge in [0.05, 0.1) is 0 Å². The van der Waals surface area contributed by atoms with Gasteiger partial charge in [-0.1, -0.05) is 42.1 Å². The maximum absolute atomic E-state index is 12.5. The number of alkyl halides is 1. The lowest BCUT2D eigenvalue weighted by atomic mass is 10.0. The van der Waals surface area contributed by atoms with Crippen molar-refractivity contribution in [1.29, 1.82) is 0 Å². The summed E-state index contributed by atoms with van der Waals surface area (Å²) in [5.41, 5.74) is 0. The van der Waals surface area contributed by atoms with Crippen molar-refractivity contribution >= 4 is 26.1 Å². The van der Waals surface area contributed by atoms with E-state index in [0.29, 0.717) is 19.0 Å². The van der Waals surface area contributed by atoms with Gasteiger partial charge in [0.2, 0.25) is 0 Å². The average Bonchev–Trinajstić information content (AvgIpc) is 2.55. The lowest BCUT2D eigenvalue weighted by Gasteiger charge is -2.32. The van der Waals surface area contributed by atoms with E-state index in [1.54, 1.807) is 4.31 Å². The van der Waals surface area contributed by atoms with E-state index in [9.17, 15) is 8.42 Å². The van der Waals surface area contributed by atoms with Gasteiger partial charge in [-0.25, -0.2) is 0 Å². The Balaban J connectivity index is 1.99. The van der Waals surface area contributed by atoms with Crippen molar-refractivity contribution in [3.63, 3.8) is 0 Å². The third kappa shape index (κ3) is 4.41. The largest absolute Gasteiger partial charge is 0.279 e. The first-order valence-corrected chi connectivity index (χ1v) is 9.76. The van der Waals surface area contributed by atoms with Crippen molar-refractivity contribution < 1.29 is 8.42 Å². The highest BCUT2D eigenvalue weighted by molar-refractivity contribution is 9.09. The second kappa shape index (κ2) is 6.87. The summed E-state index contributed by atoms with van der Waals surface area (Å²) in [7, 11) is -3.31. The summed E-state index contributed by atoms with van der Waals surface area (Å²) in [4.78, 5) is 0.270. The monoisotopic (exact) mass is 352 g/mol. The molecule has 0 spiro atoms. The summed E-state index contributed by atoms with van der Waals surface area (Å²) in [6, 6.07) is 0.0460. The molecule has 19 heavy (non-hydrogen) atoms. The number of rotatable bonds is 3. The Labute approximate surface area is 125 Å². The fraction of sp³-hybridized carbons (Fsp3) is 1.00. The molecular formula is C13H25BrN2O2S. The number of piperidine rings is 1. The molecule has 1 aliphatic heterocycles. The zero-order valence-corrected chi connectivity index (χ0v) is 14.0. The number of halogens is 1. The molecule has 0 bridgehead atoms. The first kappa shape index (κ1) is 15.7. The van der Waals surface area contributed by atoms with Crippen molar-refractivity contribution in [3.05, 3.63) is 0 Å². The molecule has 2 rings (SSSR count). The summed E-state index contributed by atoms with van der Waals surface area (Å²) >= 11 is 3.65. The third-order valence-electron chi connectivity index (χ3n) is 4.19. The van der Waals surface area contributed by atoms with Crippen LogP contribution in [0.2, 0.25) is 0 Å². The maximum Gasteiger partial charge on any atom is 0.279 e. The molecule has 6 heteroatoms. The van der Waals surface area contributed by atoms with Gasteiger partial charge in [-0.2, -0.15) is 17.4 Å². The molecule has 0 radical (unpaired) electrons. The highest BCUT2D eigenvalue weighted by atomic mass is 79.9. The van der Waals surface area contributed by atoms with Gasteiger partial charge in [-0.3, -0.25) is 0 Å². The lowest BCUT2D eigenvalue weighted by molar-refractivity contribution is 0.276. The topological polar surface area (TPSA) is 49.4 Å². The molecule has 0 aromatic carbocycles. The van der Waals surface area contributed by atoms with Crippen molar-refractivity contribution in [1.82, 2.24) is 9.03 Å². The van der Waals surface area contributed by atoms with Gasteiger partial charge in [0.15, 0.2) is 0 Å². The number of hydrogen-bond acceptors (Lipinski definition) is 2. The van der Waals surface area contributed by atoms with Gasteiger partial charge in [0, 0.05) is 24.0 Å². The molecule has 2 fully saturated rings. The molecule has 112 valence electrons. The highest BCUT2D eigenvalue weighted by Gasteiger charge is 2.31. The van der Waals surface area contributed by atoms with E-state index in [2.05, 4.69) is 27.6 Å². The minimum atomic E-state index is -3.31. The van der Waals surface area contributed by atoms with E-state index in [-0.39, 0.29) is 10.9 Å². The van der Waals surface area contributed by atoms with Crippen LogP contribution in [0.15, 0.2) is 0 Å². The minimum absolute atomic E-state index is 0.0460. The minimum Gasteiger partial charge on any atom is -0.198 e. The zero-order chi connectivity index (χ0) is 13.9. The molecule has 1 N–H and O–H groups in total. The SMILES string of the molecule is CC1CCCN(S(=O)(=O)NC2CCCCCC2Br)C1. The Morgan fingerprint density at radius 1 is 1.11 bits per heavy atom. The van der Waals surface area contributed by atoms with Crippen molar-refractivity contribution in [2.75, 3.05) is 13.1 Å². The first-order chi connectivity index (χ1) is 8.99. The number of hydrogen-bond donors (Lipinski definition) is 1. The van der Waals surface area contributed by atoms with Crippen molar-refractivity contribution in [3.8, 4) is 0 Å². The van der Waals surface area contributed by atoms with Crippen LogP contribution in [0.1, 0.15) is 51.9 Å². The second-order valence-electron chi connectivity index (χ2n) is 5.99. The lowest BCUT2D eigenvalue weighted by Crippen LogP contribution is -2.50. The normalized spacial score (nSPS) is 34.9. The molecule has 2 aliphatic rings. The molecule has 0 aromatic rings. The standard InChI is InChI=1S/C13H25BrN2O2S/c1-11-6-5-9-16(10-11)19(17,18)15-13-8-4-2-3-7-12(13)14/h11-13,15H,2-10H2,1H3. The molecule has 3 unspecified atom stereocenters. The third-order valence-corrected chi connectivity index (χ3v) is 6.90. The van der Waals surface area contributed by atoms with E-state index in [1.165, 1.54) is 12.8 Å². The molecule has 0 amide bonds. The maximum atomic E-state index is 12.5. The van der Waals surface area contributed by atoms with Gasteiger partial charge >= 0.3 is 0 Å². The smallest absolute Gasteiger partial charge is 0.198 e. The van der Waals surface area contributed by atoms with Crippen LogP contribution in [-0.2, 0) is 10.2 Å². The van der Waals surface area contributed by atoms with Gasteiger partial charge in [-0.05, 0) is 31.6 Å². The van der Waals surface area contributed by atoms with Crippen LogP contribution in [0.5, 0.6) is 0 Å². The van der Waals surface area contributed by atoms with Gasteiger partial charge < -0.3 is 0 Å². The Morgan fingerprint density at radius 3 is 2.58 bits per heavy atom. The van der Waals surface area contributed by atoms with Crippen LogP contribution in [-0.4, -0.2) is 36.7 Å². The van der Waals surface area contributed by atoms with Crippen LogP contribution in [0, 0.1) is 5.92 Å². The summed E-state index contributed by atoms with van der Waals surface area (Å²) in [6.07, 6.45) is 7.63. The van der Waals surface area contributed by atoms with Crippen LogP contribution < -0.4 is 4.72 Å². The van der Waals surface area contributed by atoms with E-state index in [4.69, 9.17) is 0 Å². The second-order valence-corrected chi connectivity index (χ2v) is 8.87. The Bertz CT molecular complexity index is 388. The van der Waals surface area contributed by atoms with Gasteiger partial charge in [0.1, 0.15) is 0 Å². The zero-order valence-electron chi connectivity index (χ0n) is 11.6. The summed E-state index contributed by atoms with van der Waals surface area (Å²) in [5, 5.41) is 0. The fourth-order valence-corrected chi connectivity index (χ4v) is 5.55. The van der Waals surface area contributed by atoms with Gasteiger partial charge in [0.25, 0.3) is 10.2 Å². The average molecular weight is 353 g/mol. The number of nitrogens with one attached hydrogen (secondary N) is 1. The van der Waals surface area contributed by atoms with Crippen LogP contribution in [0.3, 0.4) is 0 Å². The summed E-state index contributed by atoms with van der Waals surface area (Å²) < 4.78 is 29.5. The summed E-state index contributed by atoms with van der Waals surface area (Å²) in [5.74, 6) is 0.472. The van der Waals surface area contributed by atoms with Crippen LogP contribution >= 0.6 is 15.9 Å². The number of nitrogens with zero attached hydrogens (tertiary/aromatic N) is 1. The van der Waals surface area contributed by atoms with E-state index in [0.717, 1.165) is 32.1 Å². The van der Waals surface area contributed by atoms with Crippen LogP contribution in [0.4, 0.5) is 0 Å². The Hall–Kier alpha value is 0.350. The van der Waals surface area contributed by atoms with Crippen LogP contribution in [0.25, 0.3) is 0 Å². The molecule has 1 saturated heterocycles. The molecule has 0 aromatic heterocycles. The quantitative estimate of drug-likeness (QED) is 0.626. The fourth-order valence-electron chi connectivity index (χ4n) is 3.03.